The van der Waals surface area contributed by atoms with Gasteiger partial charge in [0.15, 0.2) is 0 Å². The van der Waals surface area contributed by atoms with Crippen molar-refractivity contribution in [1.82, 2.24) is 10.1 Å². The van der Waals surface area contributed by atoms with Crippen molar-refractivity contribution in [3.05, 3.63) is 11.7 Å². The third kappa shape index (κ3) is 2.61. The van der Waals surface area contributed by atoms with E-state index < -0.39 is 5.60 Å². The average molecular weight is 298 g/mol. The van der Waals surface area contributed by atoms with Crippen LogP contribution in [0.5, 0.6) is 0 Å². The summed E-state index contributed by atoms with van der Waals surface area (Å²) in [5, 5.41) is 14.1. The topological polar surface area (TPSA) is 68.4 Å². The summed E-state index contributed by atoms with van der Waals surface area (Å²) in [6.07, 6.45) is 6.29. The first-order chi connectivity index (χ1) is 9.75. The zero-order chi connectivity index (χ0) is 14.0. The molecule has 0 aromatic carbocycles. The number of methoxy groups -OCH3 is 1. The van der Waals surface area contributed by atoms with Crippen molar-refractivity contribution in [2.75, 3.05) is 18.6 Å². The Morgan fingerprint density at radius 2 is 2.00 bits per heavy atom. The molecule has 0 amide bonds. The van der Waals surface area contributed by atoms with Gasteiger partial charge >= 0.3 is 0 Å². The van der Waals surface area contributed by atoms with Gasteiger partial charge in [0, 0.05) is 18.6 Å². The highest BCUT2D eigenvalue weighted by atomic mass is 32.2. The van der Waals surface area contributed by atoms with Gasteiger partial charge in [-0.2, -0.15) is 16.7 Å². The van der Waals surface area contributed by atoms with Gasteiger partial charge in [0.25, 0.3) is 0 Å². The molecule has 2 unspecified atom stereocenters. The van der Waals surface area contributed by atoms with Crippen molar-refractivity contribution < 1.29 is 14.4 Å². The van der Waals surface area contributed by atoms with Crippen molar-refractivity contribution >= 4 is 11.8 Å². The Morgan fingerprint density at radius 3 is 2.60 bits per heavy atom. The van der Waals surface area contributed by atoms with E-state index in [2.05, 4.69) is 10.1 Å². The number of thioether (sulfide) groups is 1. The number of aromatic nitrogens is 2. The molecule has 1 saturated heterocycles. The largest absolute Gasteiger partial charge is 0.391 e. The third-order valence-electron chi connectivity index (χ3n) is 4.52. The maximum Gasteiger partial charge on any atom is 0.233 e. The van der Waals surface area contributed by atoms with Crippen LogP contribution in [-0.2, 0) is 10.3 Å². The Labute approximate surface area is 123 Å². The van der Waals surface area contributed by atoms with Gasteiger partial charge in [0.1, 0.15) is 5.60 Å². The summed E-state index contributed by atoms with van der Waals surface area (Å²) in [4.78, 5) is 4.57. The van der Waals surface area contributed by atoms with Crippen molar-refractivity contribution in [2.24, 2.45) is 0 Å². The third-order valence-corrected chi connectivity index (χ3v) is 5.69. The van der Waals surface area contributed by atoms with Gasteiger partial charge in [-0.05, 0) is 12.8 Å². The smallest absolute Gasteiger partial charge is 0.233 e. The van der Waals surface area contributed by atoms with Crippen molar-refractivity contribution in [1.29, 1.82) is 0 Å². The van der Waals surface area contributed by atoms with E-state index in [4.69, 9.17) is 9.26 Å². The number of hydrogen-bond acceptors (Lipinski definition) is 6. The quantitative estimate of drug-likeness (QED) is 0.865. The fourth-order valence-corrected chi connectivity index (χ4v) is 4.40. The van der Waals surface area contributed by atoms with E-state index in [1.165, 1.54) is 12.8 Å². The Balaban J connectivity index is 1.83. The van der Waals surface area contributed by atoms with Crippen LogP contribution in [0.4, 0.5) is 0 Å². The van der Waals surface area contributed by atoms with E-state index in [1.54, 1.807) is 18.9 Å². The summed E-state index contributed by atoms with van der Waals surface area (Å²) >= 11 is 1.73. The Bertz CT molecular complexity index is 443. The molecule has 0 spiro atoms. The predicted octanol–water partition coefficient (Wildman–Crippen LogP) is 2.46. The molecular formula is C14H22N2O3S. The van der Waals surface area contributed by atoms with Gasteiger partial charge in [0.05, 0.1) is 12.0 Å². The molecule has 0 bridgehead atoms. The lowest BCUT2D eigenvalue weighted by Gasteiger charge is -2.27. The molecule has 2 aliphatic rings. The number of nitrogens with zero attached hydrogens (tertiary/aromatic N) is 2. The molecule has 3 rings (SSSR count). The van der Waals surface area contributed by atoms with Gasteiger partial charge in [0.2, 0.25) is 11.7 Å². The number of aliphatic hydroxyl groups excluding tert-OH is 1. The highest BCUT2D eigenvalue weighted by molar-refractivity contribution is 7.99. The first-order valence-corrected chi connectivity index (χ1v) is 8.56. The molecule has 6 heteroatoms. The molecular weight excluding hydrogens is 276 g/mol. The van der Waals surface area contributed by atoms with Crippen LogP contribution in [0.3, 0.4) is 0 Å². The van der Waals surface area contributed by atoms with Crippen LogP contribution < -0.4 is 0 Å². The summed E-state index contributed by atoms with van der Waals surface area (Å²) in [5.41, 5.74) is -0.394. The first kappa shape index (κ1) is 14.4. The van der Waals surface area contributed by atoms with Crippen LogP contribution in [-0.4, -0.2) is 40.0 Å². The maximum atomic E-state index is 9.95. The van der Waals surface area contributed by atoms with Crippen molar-refractivity contribution in [3.8, 4) is 0 Å². The summed E-state index contributed by atoms with van der Waals surface area (Å²) in [5.74, 6) is 2.81. The maximum absolute atomic E-state index is 9.95. The van der Waals surface area contributed by atoms with E-state index in [0.29, 0.717) is 11.7 Å². The first-order valence-electron chi connectivity index (χ1n) is 7.40. The van der Waals surface area contributed by atoms with E-state index >= 15 is 0 Å². The number of rotatable bonds is 3. The second-order valence-corrected chi connectivity index (χ2v) is 6.86. The molecule has 1 N–H and O–H groups in total. The standard InChI is InChI=1S/C14H22N2O3S/c1-18-14(6-4-2-3-5-7-14)13-15-12(19-16-13)10-8-20-9-11(10)17/h10-11,17H,2-9H2,1H3. The van der Waals surface area contributed by atoms with Gasteiger partial charge in [-0.25, -0.2) is 0 Å². The second kappa shape index (κ2) is 6.03. The molecule has 1 aliphatic heterocycles. The van der Waals surface area contributed by atoms with Crippen molar-refractivity contribution in [3.63, 3.8) is 0 Å². The van der Waals surface area contributed by atoms with Gasteiger partial charge in [-0.3, -0.25) is 0 Å². The minimum Gasteiger partial charge on any atom is -0.391 e. The lowest BCUT2D eigenvalue weighted by molar-refractivity contribution is -0.0365. The molecule has 2 atom stereocenters. The molecule has 2 fully saturated rings. The molecule has 1 aromatic rings. The molecule has 20 heavy (non-hydrogen) atoms. The minimum absolute atomic E-state index is 0.0269. The summed E-state index contributed by atoms with van der Waals surface area (Å²) in [6.45, 7) is 0. The number of aliphatic hydroxyl groups is 1. The van der Waals surface area contributed by atoms with E-state index in [9.17, 15) is 5.11 Å². The molecule has 1 aromatic heterocycles. The summed E-state index contributed by atoms with van der Waals surface area (Å²) < 4.78 is 11.2. The molecule has 112 valence electrons. The van der Waals surface area contributed by atoms with E-state index in [0.717, 1.165) is 37.2 Å². The van der Waals surface area contributed by atoms with Crippen LogP contribution in [0.25, 0.3) is 0 Å². The Hall–Kier alpha value is -0.590. The van der Waals surface area contributed by atoms with Gasteiger partial charge < -0.3 is 14.4 Å². The van der Waals surface area contributed by atoms with Crippen LogP contribution in [0, 0.1) is 0 Å². The zero-order valence-electron chi connectivity index (χ0n) is 11.9. The highest BCUT2D eigenvalue weighted by Gasteiger charge is 2.39. The fourth-order valence-electron chi connectivity index (χ4n) is 3.17. The van der Waals surface area contributed by atoms with Crippen LogP contribution in [0.15, 0.2) is 4.52 Å². The zero-order valence-corrected chi connectivity index (χ0v) is 12.7. The lowest BCUT2D eigenvalue weighted by Crippen LogP contribution is -2.29. The average Bonchev–Trinajstić information content (AvgIpc) is 3.03. The van der Waals surface area contributed by atoms with E-state index in [-0.39, 0.29) is 12.0 Å². The lowest BCUT2D eigenvalue weighted by atomic mass is 9.93. The fraction of sp³-hybridized carbons (Fsp3) is 0.857. The monoisotopic (exact) mass is 298 g/mol. The molecule has 5 nitrogen and oxygen atoms in total. The van der Waals surface area contributed by atoms with Gasteiger partial charge in [-0.1, -0.05) is 30.8 Å². The molecule has 1 saturated carbocycles. The molecule has 0 radical (unpaired) electrons. The summed E-state index contributed by atoms with van der Waals surface area (Å²) in [7, 11) is 1.74. The predicted molar refractivity (Wildman–Crippen MR) is 76.8 cm³/mol. The highest BCUT2D eigenvalue weighted by Crippen LogP contribution is 2.39. The number of hydrogen-bond donors (Lipinski definition) is 1. The SMILES string of the molecule is COC1(c2noc(C3CSCC3O)n2)CCCCCC1. The minimum atomic E-state index is -0.394. The van der Waals surface area contributed by atoms with E-state index in [1.807, 2.05) is 0 Å². The molecule has 1 aliphatic carbocycles. The molecule has 2 heterocycles. The van der Waals surface area contributed by atoms with Crippen LogP contribution in [0.2, 0.25) is 0 Å². The second-order valence-electron chi connectivity index (χ2n) is 5.78. The van der Waals surface area contributed by atoms with Crippen molar-refractivity contribution in [2.45, 2.75) is 56.1 Å². The Morgan fingerprint density at radius 1 is 1.25 bits per heavy atom. The normalized spacial score (nSPS) is 30.3. The Kier molecular flexibility index (Phi) is 4.33. The van der Waals surface area contributed by atoms with Crippen LogP contribution >= 0.6 is 11.8 Å². The summed E-state index contributed by atoms with van der Waals surface area (Å²) in [6, 6.07) is 0. The number of ether oxygens (including phenoxy) is 1. The van der Waals surface area contributed by atoms with Gasteiger partial charge in [-0.15, -0.1) is 0 Å². The van der Waals surface area contributed by atoms with Crippen LogP contribution in [0.1, 0.15) is 56.2 Å².